The van der Waals surface area contributed by atoms with Crippen molar-refractivity contribution in [2.45, 2.75) is 65.7 Å². The average molecular weight is 498 g/mol. The molecule has 0 aliphatic carbocycles. The molecule has 4 nitrogen and oxygen atoms in total. The van der Waals surface area contributed by atoms with Crippen molar-refractivity contribution in [2.75, 3.05) is 24.5 Å². The lowest BCUT2D eigenvalue weighted by atomic mass is 9.91. The first-order valence-corrected chi connectivity index (χ1v) is 13.7. The molecule has 0 N–H and O–H groups in total. The second-order valence-corrected chi connectivity index (χ2v) is 11.5. The number of carbonyl (C=O) groups excluding carboxylic acids is 1. The fourth-order valence-corrected chi connectivity index (χ4v) is 5.30. The largest absolute Gasteiger partial charge is 0.309 e. The number of carbonyl (C=O) groups is 1. The summed E-state index contributed by atoms with van der Waals surface area (Å²) in [5, 5.41) is 0. The standard InChI is InChI=1S/C33H43N3O/c1-27(35(25-28-14-8-5-9-15-28)26-29-16-10-6-11-17-29)24-34-22-20-31(21-23-34)36(32(37)33(2,3)4)30-18-12-7-13-19-30/h5-19,27,31H,20-26H2,1-4H3. The molecule has 4 rings (SSSR count). The van der Waals surface area contributed by atoms with Gasteiger partial charge in [0.05, 0.1) is 0 Å². The van der Waals surface area contributed by atoms with E-state index in [1.165, 1.54) is 11.1 Å². The van der Waals surface area contributed by atoms with Crippen molar-refractivity contribution < 1.29 is 4.79 Å². The van der Waals surface area contributed by atoms with E-state index >= 15 is 0 Å². The summed E-state index contributed by atoms with van der Waals surface area (Å²) in [5.74, 6) is 0.211. The van der Waals surface area contributed by atoms with E-state index in [0.29, 0.717) is 6.04 Å². The Bertz CT molecular complexity index is 1050. The van der Waals surface area contributed by atoms with Crippen LogP contribution in [0.5, 0.6) is 0 Å². The highest BCUT2D eigenvalue weighted by molar-refractivity contribution is 5.97. The highest BCUT2D eigenvalue weighted by atomic mass is 16.2. The molecule has 1 heterocycles. The Balaban J connectivity index is 1.41. The molecule has 4 heteroatoms. The number of piperidine rings is 1. The molecule has 1 amide bonds. The van der Waals surface area contributed by atoms with Gasteiger partial charge in [0.1, 0.15) is 0 Å². The molecule has 37 heavy (non-hydrogen) atoms. The molecule has 3 aromatic carbocycles. The zero-order valence-corrected chi connectivity index (χ0v) is 23.0. The maximum absolute atomic E-state index is 13.5. The Morgan fingerprint density at radius 1 is 0.811 bits per heavy atom. The van der Waals surface area contributed by atoms with Gasteiger partial charge in [-0.25, -0.2) is 0 Å². The number of nitrogens with zero attached hydrogens (tertiary/aromatic N) is 3. The fourth-order valence-electron chi connectivity index (χ4n) is 5.30. The summed E-state index contributed by atoms with van der Waals surface area (Å²) in [7, 11) is 0. The SMILES string of the molecule is CC(CN1CCC(N(C(=O)C(C)(C)C)c2ccccc2)CC1)N(Cc1ccccc1)Cc1ccccc1. The summed E-state index contributed by atoms with van der Waals surface area (Å²) in [6.45, 7) is 13.4. The van der Waals surface area contributed by atoms with Crippen LogP contribution >= 0.6 is 0 Å². The van der Waals surface area contributed by atoms with Crippen molar-refractivity contribution in [3.63, 3.8) is 0 Å². The summed E-state index contributed by atoms with van der Waals surface area (Å²) in [6, 6.07) is 32.5. The van der Waals surface area contributed by atoms with Crippen LogP contribution in [0.25, 0.3) is 0 Å². The average Bonchev–Trinajstić information content (AvgIpc) is 2.91. The third-order valence-corrected chi connectivity index (χ3v) is 7.42. The molecule has 1 aliphatic heterocycles. The molecule has 0 aromatic heterocycles. The molecule has 1 unspecified atom stereocenters. The van der Waals surface area contributed by atoms with Crippen molar-refractivity contribution in [3.8, 4) is 0 Å². The van der Waals surface area contributed by atoms with Gasteiger partial charge in [-0.05, 0) is 43.0 Å². The van der Waals surface area contributed by atoms with Crippen LogP contribution in [0.2, 0.25) is 0 Å². The number of para-hydroxylation sites is 1. The monoisotopic (exact) mass is 497 g/mol. The van der Waals surface area contributed by atoms with Crippen molar-refractivity contribution in [1.29, 1.82) is 0 Å². The molecule has 1 aliphatic rings. The summed E-state index contributed by atoms with van der Waals surface area (Å²) in [5.41, 5.74) is 3.31. The summed E-state index contributed by atoms with van der Waals surface area (Å²) in [6.07, 6.45) is 2.00. The van der Waals surface area contributed by atoms with Gasteiger partial charge in [-0.2, -0.15) is 0 Å². The van der Waals surface area contributed by atoms with Crippen LogP contribution in [0.4, 0.5) is 5.69 Å². The lowest BCUT2D eigenvalue weighted by molar-refractivity contribution is -0.126. The minimum atomic E-state index is -0.406. The third kappa shape index (κ3) is 7.53. The highest BCUT2D eigenvalue weighted by Crippen LogP contribution is 2.29. The molecule has 196 valence electrons. The number of amides is 1. The Kier molecular flexibility index (Phi) is 9.18. The van der Waals surface area contributed by atoms with Crippen LogP contribution < -0.4 is 4.90 Å². The molecule has 3 aromatic rings. The van der Waals surface area contributed by atoms with Crippen molar-refractivity contribution in [3.05, 3.63) is 102 Å². The van der Waals surface area contributed by atoms with E-state index in [-0.39, 0.29) is 11.9 Å². The maximum atomic E-state index is 13.5. The minimum absolute atomic E-state index is 0.211. The van der Waals surface area contributed by atoms with Gasteiger partial charge in [0.15, 0.2) is 0 Å². The topological polar surface area (TPSA) is 26.8 Å². The molecule has 0 saturated carbocycles. The Labute approximate surface area is 223 Å². The first-order valence-electron chi connectivity index (χ1n) is 13.7. The van der Waals surface area contributed by atoms with Crippen molar-refractivity contribution in [2.24, 2.45) is 5.41 Å². The molecule has 1 atom stereocenters. The Hall–Kier alpha value is -2.95. The smallest absolute Gasteiger partial charge is 0.232 e. The van der Waals surface area contributed by atoms with E-state index in [1.807, 2.05) is 39.0 Å². The van der Waals surface area contributed by atoms with E-state index < -0.39 is 5.41 Å². The fraction of sp³-hybridized carbons (Fsp3) is 0.424. The number of hydrogen-bond donors (Lipinski definition) is 0. The zero-order valence-electron chi connectivity index (χ0n) is 23.0. The van der Waals surface area contributed by atoms with Crippen molar-refractivity contribution in [1.82, 2.24) is 9.80 Å². The van der Waals surface area contributed by atoms with Gasteiger partial charge >= 0.3 is 0 Å². The van der Waals surface area contributed by atoms with Gasteiger partial charge in [0.2, 0.25) is 5.91 Å². The molecule has 0 spiro atoms. The lowest BCUT2D eigenvalue weighted by Gasteiger charge is -2.42. The van der Waals surface area contributed by atoms with Crippen LogP contribution in [0.1, 0.15) is 51.7 Å². The second kappa shape index (κ2) is 12.5. The van der Waals surface area contributed by atoms with Gasteiger partial charge in [0, 0.05) is 55.9 Å². The predicted octanol–water partition coefficient (Wildman–Crippen LogP) is 6.62. The van der Waals surface area contributed by atoms with E-state index in [9.17, 15) is 4.79 Å². The molecule has 1 fully saturated rings. The van der Waals surface area contributed by atoms with Crippen molar-refractivity contribution >= 4 is 11.6 Å². The highest BCUT2D eigenvalue weighted by Gasteiger charge is 2.35. The number of likely N-dealkylation sites (tertiary alicyclic amines) is 1. The Morgan fingerprint density at radius 2 is 1.27 bits per heavy atom. The van der Waals surface area contributed by atoms with Gasteiger partial charge < -0.3 is 9.80 Å². The summed E-state index contributed by atoms with van der Waals surface area (Å²) in [4.78, 5) is 20.7. The summed E-state index contributed by atoms with van der Waals surface area (Å²) < 4.78 is 0. The van der Waals surface area contributed by atoms with Gasteiger partial charge in [-0.3, -0.25) is 9.69 Å². The van der Waals surface area contributed by atoms with E-state index in [2.05, 4.69) is 94.4 Å². The van der Waals surface area contributed by atoms with Crippen LogP contribution in [0.3, 0.4) is 0 Å². The molecular formula is C33H43N3O. The van der Waals surface area contributed by atoms with Crippen LogP contribution in [0, 0.1) is 5.41 Å². The lowest BCUT2D eigenvalue weighted by Crippen LogP contribution is -2.52. The first kappa shape index (κ1) is 27.1. The third-order valence-electron chi connectivity index (χ3n) is 7.42. The number of benzene rings is 3. The molecule has 0 bridgehead atoms. The van der Waals surface area contributed by atoms with Crippen LogP contribution in [-0.4, -0.2) is 47.4 Å². The molecule has 1 saturated heterocycles. The van der Waals surface area contributed by atoms with E-state index in [0.717, 1.165) is 51.3 Å². The molecular weight excluding hydrogens is 454 g/mol. The maximum Gasteiger partial charge on any atom is 0.232 e. The van der Waals surface area contributed by atoms with Gasteiger partial charge in [0.25, 0.3) is 0 Å². The normalized spacial score (nSPS) is 16.0. The summed E-state index contributed by atoms with van der Waals surface area (Å²) >= 11 is 0. The van der Waals surface area contributed by atoms with Crippen LogP contribution in [-0.2, 0) is 17.9 Å². The van der Waals surface area contributed by atoms with Crippen LogP contribution in [0.15, 0.2) is 91.0 Å². The number of hydrogen-bond acceptors (Lipinski definition) is 3. The van der Waals surface area contributed by atoms with Gasteiger partial charge in [-0.1, -0.05) is 99.6 Å². The second-order valence-electron chi connectivity index (χ2n) is 11.5. The Morgan fingerprint density at radius 3 is 1.73 bits per heavy atom. The number of rotatable bonds is 9. The first-order chi connectivity index (χ1) is 17.8. The van der Waals surface area contributed by atoms with Gasteiger partial charge in [-0.15, -0.1) is 0 Å². The van der Waals surface area contributed by atoms with E-state index in [1.54, 1.807) is 0 Å². The quantitative estimate of drug-likeness (QED) is 0.332. The number of anilines is 1. The molecule has 0 radical (unpaired) electrons. The minimum Gasteiger partial charge on any atom is -0.309 e. The predicted molar refractivity (Wildman–Crippen MR) is 154 cm³/mol. The van der Waals surface area contributed by atoms with E-state index in [4.69, 9.17) is 0 Å². The zero-order chi connectivity index (χ0) is 26.3.